The SMILES string of the molecule is O=C1CSC(c2ccco2)N1c1nnc(-c2ccccc2)c(-c2ccccc2)n1. The number of furan rings is 1. The van der Waals surface area contributed by atoms with Crippen LogP contribution in [0.1, 0.15) is 11.1 Å². The molecule has 142 valence electrons. The van der Waals surface area contributed by atoms with Crippen LogP contribution in [0.25, 0.3) is 22.5 Å². The van der Waals surface area contributed by atoms with Crippen LogP contribution in [0.4, 0.5) is 5.95 Å². The van der Waals surface area contributed by atoms with Gasteiger partial charge in [-0.3, -0.25) is 9.69 Å². The number of carbonyl (C=O) groups excluding carboxylic acids is 1. The first kappa shape index (κ1) is 17.6. The molecule has 3 heterocycles. The molecule has 0 aliphatic carbocycles. The van der Waals surface area contributed by atoms with E-state index in [0.29, 0.717) is 22.9 Å². The molecule has 7 heteroatoms. The minimum Gasteiger partial charge on any atom is -0.466 e. The van der Waals surface area contributed by atoms with Gasteiger partial charge >= 0.3 is 0 Å². The van der Waals surface area contributed by atoms with Crippen molar-refractivity contribution in [3.8, 4) is 22.5 Å². The summed E-state index contributed by atoms with van der Waals surface area (Å²) in [7, 11) is 0. The van der Waals surface area contributed by atoms with Crippen molar-refractivity contribution in [2.75, 3.05) is 10.7 Å². The van der Waals surface area contributed by atoms with Crippen LogP contribution < -0.4 is 4.90 Å². The number of hydrogen-bond acceptors (Lipinski definition) is 6. The quantitative estimate of drug-likeness (QED) is 0.499. The molecular formula is C22H16N4O2S. The summed E-state index contributed by atoms with van der Waals surface area (Å²) in [6.07, 6.45) is 1.60. The van der Waals surface area contributed by atoms with Crippen LogP contribution in [0.5, 0.6) is 0 Å². The largest absolute Gasteiger partial charge is 0.466 e. The molecule has 1 saturated heterocycles. The van der Waals surface area contributed by atoms with Crippen LogP contribution in [0.3, 0.4) is 0 Å². The molecule has 0 saturated carbocycles. The number of hydrogen-bond donors (Lipinski definition) is 0. The van der Waals surface area contributed by atoms with Crippen molar-refractivity contribution in [1.29, 1.82) is 0 Å². The Morgan fingerprint density at radius 1 is 0.862 bits per heavy atom. The molecule has 1 aliphatic rings. The highest BCUT2D eigenvalue weighted by Gasteiger charge is 2.38. The molecule has 2 aromatic heterocycles. The Morgan fingerprint density at radius 2 is 1.55 bits per heavy atom. The Balaban J connectivity index is 1.64. The molecule has 0 N–H and O–H groups in total. The van der Waals surface area contributed by atoms with Crippen molar-refractivity contribution in [2.24, 2.45) is 0 Å². The number of anilines is 1. The van der Waals surface area contributed by atoms with Gasteiger partial charge in [0.15, 0.2) is 0 Å². The Kier molecular flexibility index (Phi) is 4.57. The molecule has 0 radical (unpaired) electrons. The number of rotatable bonds is 4. The predicted molar refractivity (Wildman–Crippen MR) is 112 cm³/mol. The fraction of sp³-hybridized carbons (Fsp3) is 0.0909. The van der Waals surface area contributed by atoms with Gasteiger partial charge in [-0.15, -0.1) is 22.0 Å². The summed E-state index contributed by atoms with van der Waals surface area (Å²) < 4.78 is 5.53. The molecule has 1 atom stereocenters. The second kappa shape index (κ2) is 7.52. The zero-order valence-corrected chi connectivity index (χ0v) is 16.1. The Bertz CT molecular complexity index is 1130. The van der Waals surface area contributed by atoms with E-state index in [1.807, 2.05) is 72.8 Å². The van der Waals surface area contributed by atoms with Gasteiger partial charge in [0, 0.05) is 11.1 Å². The lowest BCUT2D eigenvalue weighted by atomic mass is 10.0. The van der Waals surface area contributed by atoms with E-state index in [1.165, 1.54) is 11.8 Å². The van der Waals surface area contributed by atoms with Gasteiger partial charge in [-0.05, 0) is 12.1 Å². The number of aromatic nitrogens is 3. The zero-order valence-electron chi connectivity index (χ0n) is 15.3. The minimum atomic E-state index is -0.300. The molecule has 5 rings (SSSR count). The number of carbonyl (C=O) groups is 1. The number of amides is 1. The first-order valence-corrected chi connectivity index (χ1v) is 10.2. The molecule has 1 fully saturated rings. The second-order valence-electron chi connectivity index (χ2n) is 6.48. The molecule has 1 amide bonds. The summed E-state index contributed by atoms with van der Waals surface area (Å²) in [6, 6.07) is 23.3. The molecular weight excluding hydrogens is 384 g/mol. The summed E-state index contributed by atoms with van der Waals surface area (Å²) in [5, 5.41) is 8.50. The highest BCUT2D eigenvalue weighted by atomic mass is 32.2. The normalized spacial score (nSPS) is 16.3. The number of thioether (sulfide) groups is 1. The summed E-state index contributed by atoms with van der Waals surface area (Å²) in [5.41, 5.74) is 3.19. The predicted octanol–water partition coefficient (Wildman–Crippen LogP) is 4.58. The van der Waals surface area contributed by atoms with Crippen LogP contribution in [0, 0.1) is 0 Å². The molecule has 1 aliphatic heterocycles. The highest BCUT2D eigenvalue weighted by Crippen LogP contribution is 2.41. The highest BCUT2D eigenvalue weighted by molar-refractivity contribution is 8.00. The van der Waals surface area contributed by atoms with E-state index in [-0.39, 0.29) is 17.2 Å². The molecule has 0 bridgehead atoms. The Labute approximate surface area is 171 Å². The lowest BCUT2D eigenvalue weighted by molar-refractivity contribution is -0.116. The lowest BCUT2D eigenvalue weighted by Gasteiger charge is -2.20. The maximum absolute atomic E-state index is 12.6. The van der Waals surface area contributed by atoms with Gasteiger partial charge in [-0.2, -0.15) is 0 Å². The smallest absolute Gasteiger partial charge is 0.254 e. The summed E-state index contributed by atoms with van der Waals surface area (Å²) in [5.74, 6) is 1.25. The third-order valence-corrected chi connectivity index (χ3v) is 5.81. The van der Waals surface area contributed by atoms with Crippen molar-refractivity contribution in [3.63, 3.8) is 0 Å². The molecule has 6 nitrogen and oxygen atoms in total. The van der Waals surface area contributed by atoms with Crippen molar-refractivity contribution >= 4 is 23.6 Å². The van der Waals surface area contributed by atoms with Gasteiger partial charge in [-0.1, -0.05) is 60.7 Å². The third kappa shape index (κ3) is 3.30. The monoisotopic (exact) mass is 400 g/mol. The van der Waals surface area contributed by atoms with E-state index >= 15 is 0 Å². The summed E-state index contributed by atoms with van der Waals surface area (Å²) >= 11 is 1.49. The van der Waals surface area contributed by atoms with E-state index in [9.17, 15) is 4.79 Å². The first-order chi connectivity index (χ1) is 14.3. The Morgan fingerprint density at radius 3 is 2.21 bits per heavy atom. The van der Waals surface area contributed by atoms with Crippen molar-refractivity contribution in [3.05, 3.63) is 84.8 Å². The van der Waals surface area contributed by atoms with Crippen LogP contribution in [-0.2, 0) is 4.79 Å². The van der Waals surface area contributed by atoms with Crippen molar-refractivity contribution in [1.82, 2.24) is 15.2 Å². The average Bonchev–Trinajstić information content (AvgIpc) is 3.44. The Hall–Kier alpha value is -3.45. The van der Waals surface area contributed by atoms with Gasteiger partial charge in [-0.25, -0.2) is 4.98 Å². The molecule has 29 heavy (non-hydrogen) atoms. The standard InChI is InChI=1S/C22H16N4O2S/c27-18-14-29-21(17-12-7-13-28-17)26(18)22-23-19(15-8-3-1-4-9-15)20(24-25-22)16-10-5-2-6-11-16/h1-13,21H,14H2. The first-order valence-electron chi connectivity index (χ1n) is 9.14. The maximum atomic E-state index is 12.6. The summed E-state index contributed by atoms with van der Waals surface area (Å²) in [6.45, 7) is 0. The fourth-order valence-electron chi connectivity index (χ4n) is 3.29. The van der Waals surface area contributed by atoms with Crippen LogP contribution in [0.15, 0.2) is 83.5 Å². The number of benzene rings is 2. The van der Waals surface area contributed by atoms with E-state index in [2.05, 4.69) is 10.2 Å². The van der Waals surface area contributed by atoms with Crippen molar-refractivity contribution in [2.45, 2.75) is 5.37 Å². The van der Waals surface area contributed by atoms with E-state index < -0.39 is 0 Å². The van der Waals surface area contributed by atoms with Gasteiger partial charge in [0.25, 0.3) is 5.95 Å². The van der Waals surface area contributed by atoms with Crippen LogP contribution >= 0.6 is 11.8 Å². The van der Waals surface area contributed by atoms with Crippen LogP contribution in [0.2, 0.25) is 0 Å². The van der Waals surface area contributed by atoms with Gasteiger partial charge < -0.3 is 4.42 Å². The van der Waals surface area contributed by atoms with E-state index in [4.69, 9.17) is 9.40 Å². The summed E-state index contributed by atoms with van der Waals surface area (Å²) in [4.78, 5) is 19.0. The minimum absolute atomic E-state index is 0.0651. The molecule has 1 unspecified atom stereocenters. The second-order valence-corrected chi connectivity index (χ2v) is 7.55. The zero-order chi connectivity index (χ0) is 19.6. The third-order valence-electron chi connectivity index (χ3n) is 4.64. The van der Waals surface area contributed by atoms with Crippen LogP contribution in [-0.4, -0.2) is 26.8 Å². The van der Waals surface area contributed by atoms with Gasteiger partial charge in [0.1, 0.15) is 22.5 Å². The molecule has 2 aromatic carbocycles. The molecule has 0 spiro atoms. The molecule has 4 aromatic rings. The average molecular weight is 400 g/mol. The van der Waals surface area contributed by atoms with Gasteiger partial charge in [0.2, 0.25) is 5.91 Å². The van der Waals surface area contributed by atoms with E-state index in [0.717, 1.165) is 11.1 Å². The number of nitrogens with zero attached hydrogens (tertiary/aromatic N) is 4. The van der Waals surface area contributed by atoms with E-state index in [1.54, 1.807) is 11.2 Å². The van der Waals surface area contributed by atoms with Gasteiger partial charge in [0.05, 0.1) is 12.0 Å². The fourth-order valence-corrected chi connectivity index (χ4v) is 4.39. The maximum Gasteiger partial charge on any atom is 0.254 e. The lowest BCUT2D eigenvalue weighted by Crippen LogP contribution is -2.30. The van der Waals surface area contributed by atoms with Crippen molar-refractivity contribution < 1.29 is 9.21 Å². The topological polar surface area (TPSA) is 72.1 Å².